The molecule has 0 amide bonds. The van der Waals surface area contributed by atoms with Gasteiger partial charge >= 0.3 is 0 Å². The van der Waals surface area contributed by atoms with E-state index in [1.54, 1.807) is 11.3 Å². The number of nitrogens with one attached hydrogen (secondary N) is 2. The lowest BCUT2D eigenvalue weighted by Gasteiger charge is -2.54. The van der Waals surface area contributed by atoms with Crippen LogP contribution >= 0.6 is 35.3 Å². The van der Waals surface area contributed by atoms with Crippen LogP contribution in [0.25, 0.3) is 0 Å². The summed E-state index contributed by atoms with van der Waals surface area (Å²) in [5.74, 6) is 1.94. The Bertz CT molecular complexity index is 629. The van der Waals surface area contributed by atoms with Crippen LogP contribution in [0.1, 0.15) is 55.6 Å². The van der Waals surface area contributed by atoms with Crippen molar-refractivity contribution in [2.24, 2.45) is 16.3 Å². The Kier molecular flexibility index (Phi) is 6.76. The molecule has 0 spiro atoms. The van der Waals surface area contributed by atoms with Gasteiger partial charge in [0.1, 0.15) is 5.01 Å². The van der Waals surface area contributed by atoms with Crippen LogP contribution in [-0.2, 0) is 11.3 Å². The summed E-state index contributed by atoms with van der Waals surface area (Å²) in [4.78, 5) is 10.5. The van der Waals surface area contributed by atoms with Crippen molar-refractivity contribution in [3.63, 3.8) is 0 Å². The number of aryl methyl sites for hydroxylation is 1. The van der Waals surface area contributed by atoms with Crippen LogP contribution in [0.3, 0.4) is 0 Å². The van der Waals surface area contributed by atoms with Crippen molar-refractivity contribution in [2.45, 2.75) is 65.6 Å². The van der Waals surface area contributed by atoms with Gasteiger partial charge in [-0.3, -0.25) is 4.99 Å². The minimum absolute atomic E-state index is 0. The molecule has 2 aliphatic rings. The zero-order valence-electron chi connectivity index (χ0n) is 16.0. The number of hydrogen-bond donors (Lipinski definition) is 2. The first-order valence-electron chi connectivity index (χ1n) is 8.89. The molecule has 3 rings (SSSR count). The quantitative estimate of drug-likeness (QED) is 0.394. The fraction of sp³-hybridized carbons (Fsp3) is 0.778. The Morgan fingerprint density at radius 2 is 2.16 bits per heavy atom. The minimum atomic E-state index is 0. The van der Waals surface area contributed by atoms with Crippen molar-refractivity contribution in [1.29, 1.82) is 0 Å². The summed E-state index contributed by atoms with van der Waals surface area (Å²) in [6.07, 6.45) is 1.54. The third-order valence-electron chi connectivity index (χ3n) is 5.45. The lowest BCUT2D eigenvalue weighted by Crippen LogP contribution is -2.67. The van der Waals surface area contributed by atoms with E-state index in [9.17, 15) is 0 Å². The molecule has 2 N–H and O–H groups in total. The molecule has 7 heteroatoms. The lowest BCUT2D eigenvalue weighted by molar-refractivity contribution is -0.106. The van der Waals surface area contributed by atoms with Gasteiger partial charge in [-0.25, -0.2) is 4.98 Å². The zero-order chi connectivity index (χ0) is 17.5. The Balaban J connectivity index is 0.00000225. The predicted molar refractivity (Wildman–Crippen MR) is 115 cm³/mol. The van der Waals surface area contributed by atoms with Gasteiger partial charge in [-0.2, -0.15) is 0 Å². The number of guanidine groups is 1. The van der Waals surface area contributed by atoms with Crippen LogP contribution in [0.4, 0.5) is 0 Å². The average Bonchev–Trinajstić information content (AvgIpc) is 3.12. The molecule has 5 nitrogen and oxygen atoms in total. The van der Waals surface area contributed by atoms with E-state index in [4.69, 9.17) is 9.72 Å². The van der Waals surface area contributed by atoms with E-state index in [0.717, 1.165) is 30.5 Å². The minimum Gasteiger partial charge on any atom is -0.377 e. The van der Waals surface area contributed by atoms with Gasteiger partial charge in [0, 0.05) is 35.9 Å². The molecule has 25 heavy (non-hydrogen) atoms. The van der Waals surface area contributed by atoms with E-state index in [1.807, 2.05) is 7.05 Å². The zero-order valence-corrected chi connectivity index (χ0v) is 19.2. The third kappa shape index (κ3) is 3.98. The number of aliphatic imine (C=N–C) groups is 1. The van der Waals surface area contributed by atoms with Gasteiger partial charge in [0.15, 0.2) is 5.96 Å². The van der Waals surface area contributed by atoms with Crippen LogP contribution in [0.15, 0.2) is 4.99 Å². The fourth-order valence-electron chi connectivity index (χ4n) is 4.19. The average molecular weight is 478 g/mol. The number of halogens is 1. The van der Waals surface area contributed by atoms with Crippen LogP contribution in [0, 0.1) is 18.3 Å². The monoisotopic (exact) mass is 478 g/mol. The Labute approximate surface area is 172 Å². The van der Waals surface area contributed by atoms with E-state index in [-0.39, 0.29) is 29.4 Å². The first-order chi connectivity index (χ1) is 11.3. The number of thiazole rings is 1. The molecule has 1 aromatic heterocycles. The molecule has 1 aliphatic heterocycles. The number of aromatic nitrogens is 1. The summed E-state index contributed by atoms with van der Waals surface area (Å²) < 4.78 is 5.87. The van der Waals surface area contributed by atoms with Crippen molar-refractivity contribution in [1.82, 2.24) is 15.6 Å². The highest BCUT2D eigenvalue weighted by Crippen LogP contribution is 2.52. The molecule has 0 bridgehead atoms. The molecule has 1 saturated carbocycles. The molecule has 0 radical (unpaired) electrons. The summed E-state index contributed by atoms with van der Waals surface area (Å²) in [5, 5.41) is 8.16. The van der Waals surface area contributed by atoms with Gasteiger partial charge < -0.3 is 15.4 Å². The normalized spacial score (nSPS) is 27.5. The molecule has 1 aromatic rings. The van der Waals surface area contributed by atoms with Gasteiger partial charge in [-0.05, 0) is 19.3 Å². The molecular formula is C18H31IN4OS. The largest absolute Gasteiger partial charge is 0.377 e. The number of nitrogens with zero attached hydrogens (tertiary/aromatic N) is 2. The molecule has 2 heterocycles. The van der Waals surface area contributed by atoms with Crippen LogP contribution < -0.4 is 10.6 Å². The summed E-state index contributed by atoms with van der Waals surface area (Å²) in [5.41, 5.74) is 1.37. The van der Waals surface area contributed by atoms with Crippen LogP contribution in [-0.4, -0.2) is 36.7 Å². The van der Waals surface area contributed by atoms with E-state index < -0.39 is 0 Å². The second-order valence-electron chi connectivity index (χ2n) is 7.82. The number of rotatable bonds is 4. The third-order valence-corrected chi connectivity index (χ3v) is 6.43. The predicted octanol–water partition coefficient (Wildman–Crippen LogP) is 3.67. The maximum atomic E-state index is 5.87. The Morgan fingerprint density at radius 3 is 2.76 bits per heavy atom. The fourth-order valence-corrected chi connectivity index (χ4v) is 5.22. The lowest BCUT2D eigenvalue weighted by atomic mass is 9.57. The Morgan fingerprint density at radius 1 is 1.44 bits per heavy atom. The summed E-state index contributed by atoms with van der Waals surface area (Å²) in [6.45, 7) is 12.7. The first-order valence-corrected chi connectivity index (χ1v) is 9.71. The van der Waals surface area contributed by atoms with E-state index in [1.165, 1.54) is 10.6 Å². The van der Waals surface area contributed by atoms with Crippen LogP contribution in [0.2, 0.25) is 0 Å². The number of ether oxygens (including phenoxy) is 1. The summed E-state index contributed by atoms with van der Waals surface area (Å²) in [6, 6.07) is 0.417. The second-order valence-corrected chi connectivity index (χ2v) is 9.10. The van der Waals surface area contributed by atoms with Crippen molar-refractivity contribution in [3.8, 4) is 0 Å². The molecule has 0 aromatic carbocycles. The molecule has 2 fully saturated rings. The van der Waals surface area contributed by atoms with Gasteiger partial charge in [-0.15, -0.1) is 35.3 Å². The summed E-state index contributed by atoms with van der Waals surface area (Å²) in [7, 11) is 1.83. The van der Waals surface area contributed by atoms with Gasteiger partial charge in [0.25, 0.3) is 0 Å². The maximum absolute atomic E-state index is 5.87. The van der Waals surface area contributed by atoms with Crippen molar-refractivity contribution < 1.29 is 4.74 Å². The highest BCUT2D eigenvalue weighted by atomic mass is 127. The maximum Gasteiger partial charge on any atom is 0.191 e. The molecule has 1 saturated heterocycles. The Hall–Kier alpha value is -0.410. The van der Waals surface area contributed by atoms with Crippen molar-refractivity contribution in [3.05, 3.63) is 15.6 Å². The molecule has 142 valence electrons. The highest BCUT2D eigenvalue weighted by molar-refractivity contribution is 14.0. The summed E-state index contributed by atoms with van der Waals surface area (Å²) >= 11 is 1.77. The number of hydrogen-bond acceptors (Lipinski definition) is 4. The smallest absolute Gasteiger partial charge is 0.191 e. The van der Waals surface area contributed by atoms with E-state index >= 15 is 0 Å². The second kappa shape index (κ2) is 8.08. The molecule has 3 atom stereocenters. The topological polar surface area (TPSA) is 58.5 Å². The SMILES string of the molecule is CN=C(NCc1nc(C(C)C)c(C)s1)NC1C2CCOC2C1(C)C.I. The first kappa shape index (κ1) is 20.9. The standard InChI is InChI=1S/C18H30N4OS.HI/c1-10(2)14-11(3)24-13(21-14)9-20-17(19-6)22-15-12-7-8-23-16(12)18(15,4)5;/h10,12,15-16H,7-9H2,1-6H3,(H2,19,20,22);1H. The van der Waals surface area contributed by atoms with Gasteiger partial charge in [-0.1, -0.05) is 27.7 Å². The molecule has 1 aliphatic carbocycles. The molecular weight excluding hydrogens is 447 g/mol. The van der Waals surface area contributed by atoms with Gasteiger partial charge in [0.2, 0.25) is 0 Å². The molecule has 3 unspecified atom stereocenters. The van der Waals surface area contributed by atoms with Crippen LogP contribution in [0.5, 0.6) is 0 Å². The van der Waals surface area contributed by atoms with Gasteiger partial charge in [0.05, 0.1) is 18.3 Å². The van der Waals surface area contributed by atoms with E-state index in [0.29, 0.717) is 24.0 Å². The van der Waals surface area contributed by atoms with E-state index in [2.05, 4.69) is 50.2 Å². The van der Waals surface area contributed by atoms with Crippen molar-refractivity contribution >= 4 is 41.3 Å². The van der Waals surface area contributed by atoms with Crippen molar-refractivity contribution in [2.75, 3.05) is 13.7 Å². The highest BCUT2D eigenvalue weighted by Gasteiger charge is 2.59. The number of fused-ring (bicyclic) bond motifs is 1.